The first kappa shape index (κ1) is 9.53. The average molecular weight is 191 g/mol. The van der Waals surface area contributed by atoms with Crippen LogP contribution >= 0.6 is 0 Å². The van der Waals surface area contributed by atoms with E-state index in [1.54, 1.807) is 12.1 Å². The van der Waals surface area contributed by atoms with Gasteiger partial charge in [-0.05, 0) is 23.1 Å². The zero-order chi connectivity index (χ0) is 10.2. The van der Waals surface area contributed by atoms with Crippen molar-refractivity contribution in [3.05, 3.63) is 29.8 Å². The fourth-order valence-electron chi connectivity index (χ4n) is 2.21. The van der Waals surface area contributed by atoms with E-state index in [-0.39, 0.29) is 0 Å². The van der Waals surface area contributed by atoms with Crippen molar-refractivity contribution in [3.63, 3.8) is 0 Å². The number of phenolic OH excluding ortho intramolecular Hbond substituents is 1. The number of hydrogen-bond donors (Lipinski definition) is 2. The number of benzene rings is 1. The molecule has 14 heavy (non-hydrogen) atoms. The molecule has 1 unspecified atom stereocenters. The van der Waals surface area contributed by atoms with Gasteiger partial charge in [0, 0.05) is 19.0 Å². The molecule has 1 atom stereocenters. The SMILES string of the molecule is CC1(C)CNCC1c1ccc(O)cc1. The van der Waals surface area contributed by atoms with Crippen LogP contribution in [0.15, 0.2) is 24.3 Å². The van der Waals surface area contributed by atoms with Crippen LogP contribution in [0.3, 0.4) is 0 Å². The molecule has 0 aliphatic carbocycles. The van der Waals surface area contributed by atoms with Crippen molar-refractivity contribution in [2.75, 3.05) is 13.1 Å². The van der Waals surface area contributed by atoms with Gasteiger partial charge in [0.05, 0.1) is 0 Å². The molecule has 0 radical (unpaired) electrons. The van der Waals surface area contributed by atoms with Gasteiger partial charge in [-0.2, -0.15) is 0 Å². The number of aromatic hydroxyl groups is 1. The zero-order valence-corrected chi connectivity index (χ0v) is 8.75. The van der Waals surface area contributed by atoms with Crippen LogP contribution in [-0.4, -0.2) is 18.2 Å². The van der Waals surface area contributed by atoms with E-state index in [2.05, 4.69) is 19.2 Å². The Balaban J connectivity index is 2.27. The van der Waals surface area contributed by atoms with Crippen molar-refractivity contribution in [2.24, 2.45) is 5.41 Å². The van der Waals surface area contributed by atoms with Crippen LogP contribution in [0, 0.1) is 5.41 Å². The van der Waals surface area contributed by atoms with Crippen LogP contribution in [0.25, 0.3) is 0 Å². The van der Waals surface area contributed by atoms with Gasteiger partial charge in [0.15, 0.2) is 0 Å². The summed E-state index contributed by atoms with van der Waals surface area (Å²) < 4.78 is 0. The molecule has 0 aromatic heterocycles. The molecule has 76 valence electrons. The Morgan fingerprint density at radius 1 is 1.29 bits per heavy atom. The van der Waals surface area contributed by atoms with Crippen molar-refractivity contribution in [1.29, 1.82) is 0 Å². The van der Waals surface area contributed by atoms with Crippen molar-refractivity contribution in [1.82, 2.24) is 5.32 Å². The second-order valence-electron chi connectivity index (χ2n) is 4.76. The summed E-state index contributed by atoms with van der Waals surface area (Å²) in [5.74, 6) is 0.903. The number of phenols is 1. The van der Waals surface area contributed by atoms with E-state index in [4.69, 9.17) is 0 Å². The Kier molecular flexibility index (Phi) is 2.23. The van der Waals surface area contributed by atoms with E-state index in [9.17, 15) is 5.11 Å². The monoisotopic (exact) mass is 191 g/mol. The zero-order valence-electron chi connectivity index (χ0n) is 8.75. The van der Waals surface area contributed by atoms with E-state index in [1.165, 1.54) is 5.56 Å². The summed E-state index contributed by atoms with van der Waals surface area (Å²) in [7, 11) is 0. The molecule has 2 N–H and O–H groups in total. The number of rotatable bonds is 1. The van der Waals surface area contributed by atoms with E-state index < -0.39 is 0 Å². The van der Waals surface area contributed by atoms with Crippen LogP contribution in [0.1, 0.15) is 25.3 Å². The summed E-state index contributed by atoms with van der Waals surface area (Å²) in [5, 5.41) is 12.6. The van der Waals surface area contributed by atoms with Crippen molar-refractivity contribution in [2.45, 2.75) is 19.8 Å². The Bertz CT molecular complexity index is 316. The first-order valence-corrected chi connectivity index (χ1v) is 5.09. The quantitative estimate of drug-likeness (QED) is 0.712. The van der Waals surface area contributed by atoms with Crippen LogP contribution in [0.2, 0.25) is 0 Å². The lowest BCUT2D eigenvalue weighted by Crippen LogP contribution is -2.20. The molecular formula is C12H17NO. The topological polar surface area (TPSA) is 32.3 Å². The predicted molar refractivity (Wildman–Crippen MR) is 57.5 cm³/mol. The molecule has 2 rings (SSSR count). The van der Waals surface area contributed by atoms with Gasteiger partial charge in [-0.25, -0.2) is 0 Å². The third kappa shape index (κ3) is 1.62. The third-order valence-electron chi connectivity index (χ3n) is 3.17. The molecule has 1 aliphatic heterocycles. The largest absolute Gasteiger partial charge is 0.508 e. The average Bonchev–Trinajstić information content (AvgIpc) is 2.47. The highest BCUT2D eigenvalue weighted by Crippen LogP contribution is 2.38. The maximum atomic E-state index is 9.21. The first-order valence-electron chi connectivity index (χ1n) is 5.09. The van der Waals surface area contributed by atoms with Gasteiger partial charge >= 0.3 is 0 Å². The minimum absolute atomic E-state index is 0.316. The van der Waals surface area contributed by atoms with Gasteiger partial charge in [-0.3, -0.25) is 0 Å². The molecule has 1 aliphatic rings. The Labute approximate surface area is 85.0 Å². The molecule has 0 bridgehead atoms. The summed E-state index contributed by atoms with van der Waals surface area (Å²) in [6.45, 7) is 6.67. The van der Waals surface area contributed by atoms with Crippen molar-refractivity contribution in [3.8, 4) is 5.75 Å². The van der Waals surface area contributed by atoms with E-state index in [0.29, 0.717) is 17.1 Å². The molecule has 2 nitrogen and oxygen atoms in total. The molecule has 0 spiro atoms. The van der Waals surface area contributed by atoms with Crippen LogP contribution in [-0.2, 0) is 0 Å². The van der Waals surface area contributed by atoms with Gasteiger partial charge in [-0.1, -0.05) is 26.0 Å². The van der Waals surface area contributed by atoms with E-state index in [1.807, 2.05) is 12.1 Å². The normalized spacial score (nSPS) is 25.1. The van der Waals surface area contributed by atoms with Gasteiger partial charge in [0.25, 0.3) is 0 Å². The van der Waals surface area contributed by atoms with Crippen LogP contribution < -0.4 is 5.32 Å². The highest BCUT2D eigenvalue weighted by Gasteiger charge is 2.35. The number of hydrogen-bond acceptors (Lipinski definition) is 2. The molecule has 1 saturated heterocycles. The molecule has 1 fully saturated rings. The Morgan fingerprint density at radius 3 is 2.43 bits per heavy atom. The molecule has 1 aromatic carbocycles. The lowest BCUT2D eigenvalue weighted by atomic mass is 9.78. The maximum absolute atomic E-state index is 9.21. The predicted octanol–water partition coefficient (Wildman–Crippen LogP) is 2.11. The Morgan fingerprint density at radius 2 is 1.93 bits per heavy atom. The minimum atomic E-state index is 0.316. The summed E-state index contributed by atoms with van der Waals surface area (Å²) in [6, 6.07) is 7.58. The van der Waals surface area contributed by atoms with Gasteiger partial charge < -0.3 is 10.4 Å². The standard InChI is InChI=1S/C12H17NO/c1-12(2)8-13-7-11(12)9-3-5-10(14)6-4-9/h3-6,11,13-14H,7-8H2,1-2H3. The molecule has 2 heteroatoms. The molecule has 0 saturated carbocycles. The number of nitrogens with one attached hydrogen (secondary N) is 1. The summed E-state index contributed by atoms with van der Waals surface area (Å²) in [4.78, 5) is 0. The maximum Gasteiger partial charge on any atom is 0.115 e. The molecular weight excluding hydrogens is 174 g/mol. The highest BCUT2D eigenvalue weighted by atomic mass is 16.3. The van der Waals surface area contributed by atoms with Crippen LogP contribution in [0.5, 0.6) is 5.75 Å². The molecule has 1 aromatic rings. The fourth-order valence-corrected chi connectivity index (χ4v) is 2.21. The highest BCUT2D eigenvalue weighted by molar-refractivity contribution is 5.30. The van der Waals surface area contributed by atoms with Gasteiger partial charge in [-0.15, -0.1) is 0 Å². The lowest BCUT2D eigenvalue weighted by Gasteiger charge is -2.26. The third-order valence-corrected chi connectivity index (χ3v) is 3.17. The summed E-state index contributed by atoms with van der Waals surface area (Å²) in [6.07, 6.45) is 0. The summed E-state index contributed by atoms with van der Waals surface area (Å²) >= 11 is 0. The van der Waals surface area contributed by atoms with Gasteiger partial charge in [0.1, 0.15) is 5.75 Å². The van der Waals surface area contributed by atoms with E-state index in [0.717, 1.165) is 13.1 Å². The fraction of sp³-hybridized carbons (Fsp3) is 0.500. The molecule has 0 amide bonds. The smallest absolute Gasteiger partial charge is 0.115 e. The second-order valence-corrected chi connectivity index (χ2v) is 4.76. The first-order chi connectivity index (χ1) is 6.59. The van der Waals surface area contributed by atoms with Crippen molar-refractivity contribution < 1.29 is 5.11 Å². The van der Waals surface area contributed by atoms with Gasteiger partial charge in [0.2, 0.25) is 0 Å². The van der Waals surface area contributed by atoms with Crippen LogP contribution in [0.4, 0.5) is 0 Å². The van der Waals surface area contributed by atoms with Crippen molar-refractivity contribution >= 4 is 0 Å². The molecule has 1 heterocycles. The second kappa shape index (κ2) is 3.28. The Hall–Kier alpha value is -1.02. The minimum Gasteiger partial charge on any atom is -0.508 e. The lowest BCUT2D eigenvalue weighted by molar-refractivity contribution is 0.362. The van der Waals surface area contributed by atoms with E-state index >= 15 is 0 Å². The summed E-state index contributed by atoms with van der Waals surface area (Å²) in [5.41, 5.74) is 1.63.